The van der Waals surface area contributed by atoms with Crippen LogP contribution in [0.2, 0.25) is 0 Å². The zero-order valence-electron chi connectivity index (χ0n) is 26.6. The van der Waals surface area contributed by atoms with Crippen molar-refractivity contribution in [2.45, 2.75) is 64.7 Å². The first-order valence-electron chi connectivity index (χ1n) is 16.1. The molecule has 0 saturated carbocycles. The highest BCUT2D eigenvalue weighted by atomic mass is 16.5. The van der Waals surface area contributed by atoms with E-state index in [1.165, 1.54) is 22.4 Å². The lowest BCUT2D eigenvalue weighted by Gasteiger charge is -2.41. The van der Waals surface area contributed by atoms with Gasteiger partial charge in [0.15, 0.2) is 11.6 Å². The molecule has 6 rings (SSSR count). The number of rotatable bonds is 8. The van der Waals surface area contributed by atoms with E-state index in [4.69, 9.17) is 19.4 Å². The predicted molar refractivity (Wildman–Crippen MR) is 176 cm³/mol. The fourth-order valence-electron chi connectivity index (χ4n) is 7.11. The molecule has 0 spiro atoms. The van der Waals surface area contributed by atoms with E-state index >= 15 is 0 Å². The molecule has 10 nitrogen and oxygen atoms in total. The maximum Gasteiger partial charge on any atom is 0.318 e. The topological polar surface area (TPSA) is 98.1 Å². The molecule has 0 radical (unpaired) electrons. The Morgan fingerprint density at radius 2 is 1.96 bits per heavy atom. The lowest BCUT2D eigenvalue weighted by Crippen LogP contribution is -2.55. The van der Waals surface area contributed by atoms with Crippen molar-refractivity contribution in [2.24, 2.45) is 0 Å². The number of anilines is 2. The molecule has 2 fully saturated rings. The summed E-state index contributed by atoms with van der Waals surface area (Å²) in [6.45, 7) is 15.0. The molecule has 3 aliphatic rings. The Morgan fingerprint density at radius 3 is 2.73 bits per heavy atom. The molecule has 45 heavy (non-hydrogen) atoms. The molecule has 2 saturated heterocycles. The van der Waals surface area contributed by atoms with Gasteiger partial charge >= 0.3 is 6.01 Å². The molecular formula is C35H43N7O3. The van der Waals surface area contributed by atoms with Gasteiger partial charge in [-0.2, -0.15) is 15.2 Å². The summed E-state index contributed by atoms with van der Waals surface area (Å²) in [6, 6.07) is 15.9. The van der Waals surface area contributed by atoms with Gasteiger partial charge in [0.25, 0.3) is 0 Å². The van der Waals surface area contributed by atoms with Crippen LogP contribution in [0.5, 0.6) is 11.8 Å². The van der Waals surface area contributed by atoms with E-state index in [0.29, 0.717) is 75.6 Å². The summed E-state index contributed by atoms with van der Waals surface area (Å²) in [5.74, 6) is 1.14. The van der Waals surface area contributed by atoms with Crippen molar-refractivity contribution in [3.8, 4) is 17.8 Å². The van der Waals surface area contributed by atoms with Gasteiger partial charge in [0.05, 0.1) is 31.6 Å². The lowest BCUT2D eigenvalue weighted by molar-refractivity contribution is -0.128. The molecule has 236 valence electrons. The molecule has 3 aliphatic heterocycles. The highest BCUT2D eigenvalue weighted by Crippen LogP contribution is 2.38. The number of likely N-dealkylation sites (tertiary alicyclic amines) is 1. The van der Waals surface area contributed by atoms with E-state index in [-0.39, 0.29) is 18.4 Å². The molecule has 10 heteroatoms. The number of hydrogen-bond acceptors (Lipinski definition) is 9. The predicted octanol–water partition coefficient (Wildman–Crippen LogP) is 4.71. The monoisotopic (exact) mass is 609 g/mol. The number of nitriles is 1. The summed E-state index contributed by atoms with van der Waals surface area (Å²) in [5.41, 5.74) is 3.14. The minimum atomic E-state index is -0.289. The number of carbonyl (C=O) groups is 1. The standard InChI is InChI=1S/C35H43N7O3/c1-5-31(43)42-18-17-40(21-27(42)14-15-36)34-33-29(37-35(38-34)45-23-28-12-8-16-41(28)24(2)3)22-39(19-20-44-33)30-13-7-11-26-10-6-9-25(4)32(26)30/h5-7,9-11,13,24,27-28H,1,8,12,14,16-23H2,2-4H3/t27-,28-/m0/s1. The van der Waals surface area contributed by atoms with Crippen molar-refractivity contribution < 1.29 is 14.3 Å². The molecule has 1 aromatic heterocycles. The molecule has 3 aromatic rings. The highest BCUT2D eigenvalue weighted by Gasteiger charge is 2.34. The molecular weight excluding hydrogens is 566 g/mol. The van der Waals surface area contributed by atoms with Gasteiger partial charge in [0, 0.05) is 42.8 Å². The minimum Gasteiger partial charge on any atom is -0.486 e. The Bertz CT molecular complexity index is 1600. The van der Waals surface area contributed by atoms with Gasteiger partial charge in [0.2, 0.25) is 5.91 Å². The Labute approximate surface area is 265 Å². The number of amides is 1. The molecule has 0 bridgehead atoms. The Hall–Kier alpha value is -4.36. The number of hydrogen-bond donors (Lipinski definition) is 0. The fraction of sp³-hybridized carbons (Fsp3) is 0.486. The third-order valence-corrected chi connectivity index (χ3v) is 9.33. The van der Waals surface area contributed by atoms with E-state index in [1.54, 1.807) is 4.90 Å². The quantitative estimate of drug-likeness (QED) is 0.337. The minimum absolute atomic E-state index is 0.163. The molecule has 1 amide bonds. The zero-order valence-corrected chi connectivity index (χ0v) is 26.6. The largest absolute Gasteiger partial charge is 0.486 e. The Balaban J connectivity index is 1.36. The van der Waals surface area contributed by atoms with Crippen molar-refractivity contribution in [3.63, 3.8) is 0 Å². The maximum absolute atomic E-state index is 12.6. The number of fused-ring (bicyclic) bond motifs is 2. The van der Waals surface area contributed by atoms with Gasteiger partial charge in [-0.15, -0.1) is 0 Å². The first-order chi connectivity index (χ1) is 21.9. The number of ether oxygens (including phenoxy) is 2. The Kier molecular flexibility index (Phi) is 9.08. The molecule has 2 atom stereocenters. The average Bonchev–Trinajstić information content (AvgIpc) is 3.42. The van der Waals surface area contributed by atoms with E-state index in [1.807, 2.05) is 0 Å². The van der Waals surface area contributed by atoms with Crippen LogP contribution in [-0.2, 0) is 11.3 Å². The first-order valence-corrected chi connectivity index (χ1v) is 16.1. The SMILES string of the molecule is C=CC(=O)N1CCN(c2nc(OC[C@@H]3CCCN3C(C)C)nc3c2OCCN(c2cccc4cccc(C)c24)C3)C[C@@H]1CC#N. The third-order valence-electron chi connectivity index (χ3n) is 9.33. The van der Waals surface area contributed by atoms with Crippen LogP contribution in [0.1, 0.15) is 44.4 Å². The summed E-state index contributed by atoms with van der Waals surface area (Å²) in [6.07, 6.45) is 3.78. The number of aromatic nitrogens is 2. The second-order valence-electron chi connectivity index (χ2n) is 12.5. The van der Waals surface area contributed by atoms with E-state index in [9.17, 15) is 10.1 Å². The van der Waals surface area contributed by atoms with Crippen molar-refractivity contribution in [2.75, 3.05) is 55.7 Å². The van der Waals surface area contributed by atoms with E-state index < -0.39 is 0 Å². The van der Waals surface area contributed by atoms with Crippen LogP contribution in [0.25, 0.3) is 10.8 Å². The molecule has 4 heterocycles. The average molecular weight is 610 g/mol. The van der Waals surface area contributed by atoms with Crippen molar-refractivity contribution in [3.05, 3.63) is 60.3 Å². The third kappa shape index (κ3) is 6.27. The fourth-order valence-corrected chi connectivity index (χ4v) is 7.11. The number of nitrogens with zero attached hydrogens (tertiary/aromatic N) is 7. The smallest absolute Gasteiger partial charge is 0.318 e. The van der Waals surface area contributed by atoms with Crippen LogP contribution >= 0.6 is 0 Å². The van der Waals surface area contributed by atoms with E-state index in [0.717, 1.165) is 30.8 Å². The lowest BCUT2D eigenvalue weighted by atomic mass is 10.0. The maximum atomic E-state index is 12.6. The number of carbonyl (C=O) groups excluding carboxylic acids is 1. The molecule has 0 aliphatic carbocycles. The van der Waals surface area contributed by atoms with Crippen LogP contribution in [0, 0.1) is 18.3 Å². The second kappa shape index (κ2) is 13.3. The molecule has 2 aromatic carbocycles. The first kappa shape index (κ1) is 30.7. The van der Waals surface area contributed by atoms with Crippen LogP contribution in [-0.4, -0.2) is 89.7 Å². The highest BCUT2D eigenvalue weighted by molar-refractivity contribution is 5.97. The number of aryl methyl sites for hydroxylation is 1. The van der Waals surface area contributed by atoms with Crippen LogP contribution in [0.3, 0.4) is 0 Å². The van der Waals surface area contributed by atoms with Gasteiger partial charge < -0.3 is 24.2 Å². The Morgan fingerprint density at radius 1 is 1.13 bits per heavy atom. The van der Waals surface area contributed by atoms with Gasteiger partial charge in [-0.25, -0.2) is 0 Å². The van der Waals surface area contributed by atoms with Crippen molar-refractivity contribution in [1.29, 1.82) is 5.26 Å². The van der Waals surface area contributed by atoms with Crippen molar-refractivity contribution >= 4 is 28.2 Å². The summed E-state index contributed by atoms with van der Waals surface area (Å²) >= 11 is 0. The van der Waals surface area contributed by atoms with Gasteiger partial charge in [-0.1, -0.05) is 36.9 Å². The summed E-state index contributed by atoms with van der Waals surface area (Å²) in [7, 11) is 0. The van der Waals surface area contributed by atoms with Gasteiger partial charge in [-0.3, -0.25) is 9.69 Å². The van der Waals surface area contributed by atoms with Gasteiger partial charge in [0.1, 0.15) is 18.9 Å². The molecule has 0 N–H and O–H groups in total. The second-order valence-corrected chi connectivity index (χ2v) is 12.5. The van der Waals surface area contributed by atoms with Crippen LogP contribution in [0.15, 0.2) is 49.1 Å². The summed E-state index contributed by atoms with van der Waals surface area (Å²) < 4.78 is 12.9. The summed E-state index contributed by atoms with van der Waals surface area (Å²) in [4.78, 5) is 31.2. The van der Waals surface area contributed by atoms with Crippen LogP contribution in [0.4, 0.5) is 11.5 Å². The summed E-state index contributed by atoms with van der Waals surface area (Å²) in [5, 5.41) is 12.0. The van der Waals surface area contributed by atoms with Crippen molar-refractivity contribution in [1.82, 2.24) is 19.8 Å². The van der Waals surface area contributed by atoms with E-state index in [2.05, 4.69) is 84.5 Å². The molecule has 0 unspecified atom stereocenters. The van der Waals surface area contributed by atoms with Crippen LogP contribution < -0.4 is 19.3 Å². The van der Waals surface area contributed by atoms with Gasteiger partial charge in [-0.05, 0) is 63.2 Å². The normalized spacial score (nSPS) is 20.5. The number of piperazine rings is 1. The zero-order chi connectivity index (χ0) is 31.5. The number of benzene rings is 2.